The Morgan fingerprint density at radius 2 is 1.93 bits per heavy atom. The van der Waals surface area contributed by atoms with Crippen LogP contribution in [0.15, 0.2) is 42.5 Å². The van der Waals surface area contributed by atoms with Gasteiger partial charge in [0.2, 0.25) is 5.91 Å². The molecular weight excluding hydrogens is 386 g/mol. The first-order valence-corrected chi connectivity index (χ1v) is 10.3. The molecule has 150 valence electrons. The molecule has 0 aliphatic carbocycles. The van der Waals surface area contributed by atoms with Gasteiger partial charge in [0.25, 0.3) is 0 Å². The zero-order valence-electron chi connectivity index (χ0n) is 16.7. The van der Waals surface area contributed by atoms with Gasteiger partial charge in [-0.15, -0.1) is 0 Å². The van der Waals surface area contributed by atoms with Gasteiger partial charge in [-0.25, -0.2) is 0 Å². The molecule has 2 aliphatic heterocycles. The molecule has 0 aromatic heterocycles. The van der Waals surface area contributed by atoms with E-state index < -0.39 is 5.60 Å². The van der Waals surface area contributed by atoms with Gasteiger partial charge in [-0.1, -0.05) is 29.8 Å². The fourth-order valence-corrected chi connectivity index (χ4v) is 4.51. The van der Waals surface area contributed by atoms with Gasteiger partial charge >= 0.3 is 0 Å². The highest BCUT2D eigenvalue weighted by molar-refractivity contribution is 6.30. The van der Waals surface area contributed by atoms with E-state index in [1.807, 2.05) is 49.1 Å². The summed E-state index contributed by atoms with van der Waals surface area (Å²) in [6.45, 7) is 5.12. The van der Waals surface area contributed by atoms with Crippen molar-refractivity contribution in [1.82, 2.24) is 4.90 Å². The Bertz CT molecular complexity index is 1000. The smallest absolute Gasteiger partial charge is 0.246 e. The van der Waals surface area contributed by atoms with Crippen LogP contribution in [0, 0.1) is 13.8 Å². The van der Waals surface area contributed by atoms with E-state index >= 15 is 0 Å². The number of Topliss-reactive ketones (excluding diaryl/α,β-unsaturated/α-hetero) is 1. The molecule has 2 aromatic carbocycles. The van der Waals surface area contributed by atoms with Crippen molar-refractivity contribution in [3.8, 4) is 5.75 Å². The molecule has 1 fully saturated rings. The maximum atomic E-state index is 12.8. The van der Waals surface area contributed by atoms with E-state index in [0.717, 1.165) is 16.7 Å². The Labute approximate surface area is 176 Å². The maximum absolute atomic E-state index is 12.8. The van der Waals surface area contributed by atoms with E-state index in [-0.39, 0.29) is 11.7 Å². The number of benzene rings is 2. The predicted molar refractivity (Wildman–Crippen MR) is 115 cm³/mol. The summed E-state index contributed by atoms with van der Waals surface area (Å²) in [5.74, 6) is 0.804. The zero-order valence-corrected chi connectivity index (χ0v) is 17.5. The van der Waals surface area contributed by atoms with E-state index in [2.05, 4.69) is 0 Å². The first kappa shape index (κ1) is 19.7. The SMILES string of the molecule is Cc1cc(C)c2c(c1)OC1(CCN(C(=O)/C=C/c3cccc(Cl)c3)CC1)CC2=O. The Balaban J connectivity index is 1.44. The second-order valence-corrected chi connectivity index (χ2v) is 8.49. The van der Waals surface area contributed by atoms with Crippen LogP contribution >= 0.6 is 11.6 Å². The van der Waals surface area contributed by atoms with Crippen molar-refractivity contribution in [2.75, 3.05) is 13.1 Å². The lowest BCUT2D eigenvalue weighted by atomic mass is 9.81. The van der Waals surface area contributed by atoms with Crippen molar-refractivity contribution in [3.63, 3.8) is 0 Å². The number of fused-ring (bicyclic) bond motifs is 1. The number of likely N-dealkylation sites (tertiary alicyclic amines) is 1. The molecule has 29 heavy (non-hydrogen) atoms. The average molecular weight is 410 g/mol. The topological polar surface area (TPSA) is 46.6 Å². The first-order chi connectivity index (χ1) is 13.8. The molecule has 0 bridgehead atoms. The minimum absolute atomic E-state index is 0.0333. The monoisotopic (exact) mass is 409 g/mol. The number of ketones is 1. The number of hydrogen-bond acceptors (Lipinski definition) is 3. The van der Waals surface area contributed by atoms with Crippen LogP contribution < -0.4 is 4.74 Å². The number of carbonyl (C=O) groups excluding carboxylic acids is 2. The van der Waals surface area contributed by atoms with Crippen molar-refractivity contribution in [3.05, 3.63) is 69.8 Å². The van der Waals surface area contributed by atoms with E-state index in [1.54, 1.807) is 18.2 Å². The van der Waals surface area contributed by atoms with Gasteiger partial charge in [0.1, 0.15) is 11.4 Å². The minimum Gasteiger partial charge on any atom is -0.486 e. The standard InChI is InChI=1S/C24H24ClNO3/c1-16-12-17(2)23-20(27)15-24(29-21(23)13-16)8-10-26(11-9-24)22(28)7-6-18-4-3-5-19(25)14-18/h3-7,12-14H,8-11,15H2,1-2H3/b7-6+. The Morgan fingerprint density at radius 3 is 2.66 bits per heavy atom. The number of rotatable bonds is 2. The molecule has 0 radical (unpaired) electrons. The number of nitrogens with zero attached hydrogens (tertiary/aromatic N) is 1. The Hall–Kier alpha value is -2.59. The molecule has 1 saturated heterocycles. The van der Waals surface area contributed by atoms with Crippen molar-refractivity contribution in [2.24, 2.45) is 0 Å². The van der Waals surface area contributed by atoms with E-state index in [4.69, 9.17) is 16.3 Å². The first-order valence-electron chi connectivity index (χ1n) is 9.91. The third-order valence-electron chi connectivity index (χ3n) is 5.79. The number of piperidine rings is 1. The lowest BCUT2D eigenvalue weighted by molar-refractivity contribution is -0.129. The van der Waals surface area contributed by atoms with E-state index in [1.165, 1.54) is 0 Å². The minimum atomic E-state index is -0.502. The normalized spacial score (nSPS) is 18.0. The van der Waals surface area contributed by atoms with Crippen molar-refractivity contribution in [1.29, 1.82) is 0 Å². The second kappa shape index (κ2) is 7.68. The van der Waals surface area contributed by atoms with E-state index in [9.17, 15) is 9.59 Å². The number of carbonyl (C=O) groups is 2. The largest absolute Gasteiger partial charge is 0.486 e. The number of aryl methyl sites for hydroxylation is 2. The molecular formula is C24H24ClNO3. The molecule has 5 heteroatoms. The summed E-state index contributed by atoms with van der Waals surface area (Å²) in [6.07, 6.45) is 5.05. The van der Waals surface area contributed by atoms with Gasteiger partial charge in [0.15, 0.2) is 5.78 Å². The Kier molecular flexibility index (Phi) is 5.22. The van der Waals surface area contributed by atoms with Crippen LogP contribution in [0.1, 0.15) is 46.3 Å². The molecule has 4 rings (SSSR count). The zero-order chi connectivity index (χ0) is 20.6. The molecule has 1 amide bonds. The summed E-state index contributed by atoms with van der Waals surface area (Å²) in [7, 11) is 0. The molecule has 4 nitrogen and oxygen atoms in total. The summed E-state index contributed by atoms with van der Waals surface area (Å²) in [6, 6.07) is 11.4. The molecule has 0 saturated carbocycles. The third-order valence-corrected chi connectivity index (χ3v) is 6.02. The van der Waals surface area contributed by atoms with Crippen LogP contribution in [0.5, 0.6) is 5.75 Å². The lowest BCUT2D eigenvalue weighted by Crippen LogP contribution is -2.52. The number of hydrogen-bond donors (Lipinski definition) is 0. The fourth-order valence-electron chi connectivity index (χ4n) is 4.31. The van der Waals surface area contributed by atoms with Crippen LogP contribution in [0.2, 0.25) is 5.02 Å². The molecule has 0 N–H and O–H groups in total. The number of ether oxygens (including phenoxy) is 1. The second-order valence-electron chi connectivity index (χ2n) is 8.05. The molecule has 2 heterocycles. The van der Waals surface area contributed by atoms with Gasteiger partial charge in [-0.3, -0.25) is 9.59 Å². The van der Waals surface area contributed by atoms with Crippen LogP contribution in [-0.4, -0.2) is 35.3 Å². The molecule has 0 unspecified atom stereocenters. The van der Waals surface area contributed by atoms with Gasteiger partial charge in [0, 0.05) is 37.0 Å². The summed E-state index contributed by atoms with van der Waals surface area (Å²) >= 11 is 5.99. The van der Waals surface area contributed by atoms with Crippen molar-refractivity contribution < 1.29 is 14.3 Å². The third kappa shape index (κ3) is 4.08. The average Bonchev–Trinajstić information content (AvgIpc) is 2.65. The van der Waals surface area contributed by atoms with E-state index in [0.29, 0.717) is 48.7 Å². The van der Waals surface area contributed by atoms with Crippen LogP contribution in [0.25, 0.3) is 6.08 Å². The lowest BCUT2D eigenvalue weighted by Gasteiger charge is -2.44. The summed E-state index contributed by atoms with van der Waals surface area (Å²) < 4.78 is 6.37. The van der Waals surface area contributed by atoms with Crippen LogP contribution in [0.4, 0.5) is 0 Å². The summed E-state index contributed by atoms with van der Waals surface area (Å²) in [4.78, 5) is 27.2. The molecule has 0 atom stereocenters. The highest BCUT2D eigenvalue weighted by atomic mass is 35.5. The highest BCUT2D eigenvalue weighted by Gasteiger charge is 2.43. The van der Waals surface area contributed by atoms with Gasteiger partial charge in [0.05, 0.1) is 12.0 Å². The quantitative estimate of drug-likeness (QED) is 0.656. The van der Waals surface area contributed by atoms with Crippen molar-refractivity contribution in [2.45, 2.75) is 38.7 Å². The summed E-state index contributed by atoms with van der Waals surface area (Å²) in [5.41, 5.74) is 3.16. The highest BCUT2D eigenvalue weighted by Crippen LogP contribution is 2.41. The van der Waals surface area contributed by atoms with Gasteiger partial charge in [-0.05, 0) is 54.8 Å². The van der Waals surface area contributed by atoms with Crippen LogP contribution in [0.3, 0.4) is 0 Å². The Morgan fingerprint density at radius 1 is 1.17 bits per heavy atom. The predicted octanol–water partition coefficient (Wildman–Crippen LogP) is 5.00. The molecule has 2 aliphatic rings. The maximum Gasteiger partial charge on any atom is 0.246 e. The number of halogens is 1. The van der Waals surface area contributed by atoms with Crippen LogP contribution in [-0.2, 0) is 4.79 Å². The molecule has 2 aromatic rings. The van der Waals surface area contributed by atoms with Gasteiger partial charge in [-0.2, -0.15) is 0 Å². The van der Waals surface area contributed by atoms with Gasteiger partial charge < -0.3 is 9.64 Å². The van der Waals surface area contributed by atoms with Crippen molar-refractivity contribution >= 4 is 29.4 Å². The summed E-state index contributed by atoms with van der Waals surface area (Å²) in [5, 5.41) is 0.643. The number of amides is 1. The molecule has 1 spiro atoms. The fraction of sp³-hybridized carbons (Fsp3) is 0.333.